The summed E-state index contributed by atoms with van der Waals surface area (Å²) in [5, 5.41) is 2.45. The SMILES string of the molecule is CN(C(=O)C=C1Sc2ccc(C(F)(F)F)cc2NC1=O)C1CCCCC1. The average Bonchev–Trinajstić information content (AvgIpc) is 2.61. The predicted octanol–water partition coefficient (Wildman–Crippen LogP) is 4.42. The fourth-order valence-electron chi connectivity index (χ4n) is 3.20. The topological polar surface area (TPSA) is 49.4 Å². The van der Waals surface area contributed by atoms with Crippen LogP contribution >= 0.6 is 11.8 Å². The lowest BCUT2D eigenvalue weighted by Crippen LogP contribution is -2.37. The second-order valence-corrected chi connectivity index (χ2v) is 7.60. The molecule has 0 spiro atoms. The smallest absolute Gasteiger partial charge is 0.339 e. The van der Waals surface area contributed by atoms with Gasteiger partial charge in [0.05, 0.1) is 16.2 Å². The molecule has 2 aliphatic rings. The number of rotatable bonds is 2. The molecule has 140 valence electrons. The molecule has 0 radical (unpaired) electrons. The van der Waals surface area contributed by atoms with Gasteiger partial charge in [0.25, 0.3) is 5.91 Å². The highest BCUT2D eigenvalue weighted by atomic mass is 32.2. The Kier molecular flexibility index (Phi) is 5.32. The van der Waals surface area contributed by atoms with Crippen LogP contribution in [0.5, 0.6) is 0 Å². The number of fused-ring (bicyclic) bond motifs is 1. The van der Waals surface area contributed by atoms with Crippen LogP contribution in [0.15, 0.2) is 34.1 Å². The van der Waals surface area contributed by atoms with E-state index < -0.39 is 17.6 Å². The van der Waals surface area contributed by atoms with Gasteiger partial charge in [0, 0.05) is 24.1 Å². The van der Waals surface area contributed by atoms with Gasteiger partial charge in [0.1, 0.15) is 0 Å². The molecule has 1 heterocycles. The van der Waals surface area contributed by atoms with Gasteiger partial charge in [-0.1, -0.05) is 31.0 Å². The Balaban J connectivity index is 1.77. The molecule has 4 nitrogen and oxygen atoms in total. The second-order valence-electron chi connectivity index (χ2n) is 6.51. The van der Waals surface area contributed by atoms with Crippen LogP contribution in [0.25, 0.3) is 0 Å². The first-order valence-electron chi connectivity index (χ1n) is 8.44. The van der Waals surface area contributed by atoms with Crippen LogP contribution < -0.4 is 5.32 Å². The van der Waals surface area contributed by atoms with Gasteiger partial charge in [-0.3, -0.25) is 9.59 Å². The highest BCUT2D eigenvalue weighted by Crippen LogP contribution is 2.41. The molecule has 0 unspecified atom stereocenters. The maximum Gasteiger partial charge on any atom is 0.416 e. The first-order valence-corrected chi connectivity index (χ1v) is 9.26. The third kappa shape index (κ3) is 4.06. The third-order valence-corrected chi connectivity index (χ3v) is 5.82. The number of nitrogens with zero attached hydrogens (tertiary/aromatic N) is 1. The lowest BCUT2D eigenvalue weighted by Gasteiger charge is -2.30. The normalized spacial score (nSPS) is 19.8. The number of benzene rings is 1. The lowest BCUT2D eigenvalue weighted by atomic mass is 9.94. The number of carbonyl (C=O) groups is 2. The van der Waals surface area contributed by atoms with E-state index in [4.69, 9.17) is 0 Å². The molecule has 8 heteroatoms. The van der Waals surface area contributed by atoms with Crippen LogP contribution in [-0.4, -0.2) is 29.8 Å². The molecule has 1 aliphatic heterocycles. The number of amides is 2. The molecule has 1 N–H and O–H groups in total. The standard InChI is InChI=1S/C18H19F3N2O2S/c1-23(12-5-3-2-4-6-12)16(24)10-15-17(25)22-13-9-11(18(19,20)21)7-8-14(13)26-15/h7-10,12H,2-6H2,1H3,(H,22,25). The summed E-state index contributed by atoms with van der Waals surface area (Å²) in [5.74, 6) is -0.822. The summed E-state index contributed by atoms with van der Waals surface area (Å²) in [6.45, 7) is 0. The van der Waals surface area contributed by atoms with Crippen molar-refractivity contribution >= 4 is 29.3 Å². The first-order chi connectivity index (χ1) is 12.3. The van der Waals surface area contributed by atoms with E-state index in [0.717, 1.165) is 49.6 Å². The lowest BCUT2D eigenvalue weighted by molar-refractivity contribution is -0.137. The van der Waals surface area contributed by atoms with Gasteiger partial charge < -0.3 is 10.2 Å². The molecule has 0 bridgehead atoms. The minimum Gasteiger partial charge on any atom is -0.339 e. The van der Waals surface area contributed by atoms with Crippen molar-refractivity contribution in [3.05, 3.63) is 34.7 Å². The summed E-state index contributed by atoms with van der Waals surface area (Å²) in [4.78, 5) is 27.0. The van der Waals surface area contributed by atoms with Crippen LogP contribution in [0.2, 0.25) is 0 Å². The van der Waals surface area contributed by atoms with Crippen molar-refractivity contribution in [2.75, 3.05) is 12.4 Å². The van der Waals surface area contributed by atoms with Crippen molar-refractivity contribution in [1.29, 1.82) is 0 Å². The fraction of sp³-hybridized carbons (Fsp3) is 0.444. The zero-order valence-electron chi connectivity index (χ0n) is 14.2. The van der Waals surface area contributed by atoms with Crippen molar-refractivity contribution in [1.82, 2.24) is 4.90 Å². The summed E-state index contributed by atoms with van der Waals surface area (Å²) in [5.41, 5.74) is -0.710. The number of hydrogen-bond donors (Lipinski definition) is 1. The summed E-state index contributed by atoms with van der Waals surface area (Å²) in [6.07, 6.45) is 2.05. The molecule has 2 amide bonds. The molecular weight excluding hydrogens is 365 g/mol. The third-order valence-electron chi connectivity index (χ3n) is 4.72. The Morgan fingerprint density at radius 3 is 2.62 bits per heavy atom. The van der Waals surface area contributed by atoms with Crippen LogP contribution in [0, 0.1) is 0 Å². The number of anilines is 1. The van der Waals surface area contributed by atoms with E-state index in [1.54, 1.807) is 11.9 Å². The van der Waals surface area contributed by atoms with Crippen molar-refractivity contribution in [2.45, 2.75) is 49.2 Å². The van der Waals surface area contributed by atoms with E-state index in [1.807, 2.05) is 0 Å². The van der Waals surface area contributed by atoms with E-state index in [2.05, 4.69) is 5.32 Å². The molecular formula is C18H19F3N2O2S. The molecule has 3 rings (SSSR count). The average molecular weight is 384 g/mol. The van der Waals surface area contributed by atoms with E-state index >= 15 is 0 Å². The van der Waals surface area contributed by atoms with Crippen molar-refractivity contribution < 1.29 is 22.8 Å². The molecule has 1 saturated carbocycles. The largest absolute Gasteiger partial charge is 0.416 e. The molecule has 0 saturated heterocycles. The number of alkyl halides is 3. The van der Waals surface area contributed by atoms with E-state index in [-0.39, 0.29) is 22.5 Å². The highest BCUT2D eigenvalue weighted by molar-refractivity contribution is 8.04. The number of hydrogen-bond acceptors (Lipinski definition) is 3. The number of halogens is 3. The maximum absolute atomic E-state index is 12.8. The van der Waals surface area contributed by atoms with Crippen LogP contribution in [-0.2, 0) is 15.8 Å². The molecule has 1 aromatic rings. The van der Waals surface area contributed by atoms with Gasteiger partial charge in [-0.05, 0) is 31.0 Å². The Labute approximate surface area is 153 Å². The van der Waals surface area contributed by atoms with Crippen LogP contribution in [0.3, 0.4) is 0 Å². The predicted molar refractivity (Wildman–Crippen MR) is 93.7 cm³/mol. The van der Waals surface area contributed by atoms with Crippen molar-refractivity contribution in [2.24, 2.45) is 0 Å². The summed E-state index contributed by atoms with van der Waals surface area (Å²) >= 11 is 1.01. The number of nitrogens with one attached hydrogen (secondary N) is 1. The van der Waals surface area contributed by atoms with Crippen molar-refractivity contribution in [3.8, 4) is 0 Å². The van der Waals surface area contributed by atoms with Gasteiger partial charge in [-0.25, -0.2) is 0 Å². The zero-order chi connectivity index (χ0) is 18.9. The van der Waals surface area contributed by atoms with Crippen molar-refractivity contribution in [3.63, 3.8) is 0 Å². The minimum absolute atomic E-state index is 0.111. The first kappa shape index (κ1) is 18.8. The van der Waals surface area contributed by atoms with E-state index in [1.165, 1.54) is 18.6 Å². The van der Waals surface area contributed by atoms with E-state index in [9.17, 15) is 22.8 Å². The maximum atomic E-state index is 12.8. The Morgan fingerprint density at radius 2 is 1.96 bits per heavy atom. The van der Waals surface area contributed by atoms with Crippen LogP contribution in [0.4, 0.5) is 18.9 Å². The number of likely N-dealkylation sites (N-methyl/N-ethyl adjacent to an activating group) is 1. The summed E-state index contributed by atoms with van der Waals surface area (Å²) in [7, 11) is 1.73. The van der Waals surface area contributed by atoms with Gasteiger partial charge in [0.15, 0.2) is 0 Å². The number of carbonyl (C=O) groups excluding carboxylic acids is 2. The zero-order valence-corrected chi connectivity index (χ0v) is 15.0. The highest BCUT2D eigenvalue weighted by Gasteiger charge is 2.33. The van der Waals surface area contributed by atoms with Crippen LogP contribution in [0.1, 0.15) is 37.7 Å². The quantitative estimate of drug-likeness (QED) is 0.768. The molecule has 1 aliphatic carbocycles. The summed E-state index contributed by atoms with van der Waals surface area (Å²) in [6, 6.07) is 3.36. The molecule has 1 aromatic carbocycles. The monoisotopic (exact) mass is 384 g/mol. The molecule has 26 heavy (non-hydrogen) atoms. The Morgan fingerprint density at radius 1 is 1.27 bits per heavy atom. The molecule has 0 atom stereocenters. The Bertz CT molecular complexity index is 755. The number of thioether (sulfide) groups is 1. The molecule has 1 fully saturated rings. The molecule has 0 aromatic heterocycles. The fourth-order valence-corrected chi connectivity index (χ4v) is 4.10. The second kappa shape index (κ2) is 7.34. The Hall–Kier alpha value is -1.96. The minimum atomic E-state index is -4.47. The van der Waals surface area contributed by atoms with Gasteiger partial charge in [-0.2, -0.15) is 13.2 Å². The van der Waals surface area contributed by atoms with Gasteiger partial charge in [-0.15, -0.1) is 0 Å². The van der Waals surface area contributed by atoms with Gasteiger partial charge in [0.2, 0.25) is 5.91 Å². The van der Waals surface area contributed by atoms with E-state index in [0.29, 0.717) is 4.90 Å². The summed E-state index contributed by atoms with van der Waals surface area (Å²) < 4.78 is 38.4. The van der Waals surface area contributed by atoms with Gasteiger partial charge >= 0.3 is 6.18 Å².